The van der Waals surface area contributed by atoms with Gasteiger partial charge in [-0.15, -0.1) is 0 Å². The van der Waals surface area contributed by atoms with Crippen molar-refractivity contribution in [2.45, 2.75) is 33.9 Å². The minimum Gasteiger partial charge on any atom is -0.483 e. The van der Waals surface area contributed by atoms with E-state index in [1.807, 2.05) is 0 Å². The minimum absolute atomic E-state index is 0.0927. The molecular formula is C14H18N4O3. The first-order chi connectivity index (χ1) is 9.97. The van der Waals surface area contributed by atoms with Crippen molar-refractivity contribution in [3.8, 4) is 5.75 Å². The molecule has 2 heterocycles. The van der Waals surface area contributed by atoms with Crippen LogP contribution >= 0.6 is 0 Å². The Labute approximate surface area is 122 Å². The summed E-state index contributed by atoms with van der Waals surface area (Å²) in [6, 6.07) is 3.32. The smallest absolute Gasteiger partial charge is 0.358 e. The number of pyridine rings is 1. The molecular weight excluding hydrogens is 272 g/mol. The van der Waals surface area contributed by atoms with E-state index in [0.29, 0.717) is 17.4 Å². The van der Waals surface area contributed by atoms with Crippen LogP contribution < -0.4 is 4.74 Å². The summed E-state index contributed by atoms with van der Waals surface area (Å²) in [6.07, 6.45) is 1.46. The Bertz CT molecular complexity index is 637. The van der Waals surface area contributed by atoms with Gasteiger partial charge in [-0.05, 0) is 25.0 Å². The second kappa shape index (κ2) is 6.34. The number of aromatic carboxylic acids is 1. The van der Waals surface area contributed by atoms with Crippen LogP contribution in [0, 0.1) is 12.8 Å². The van der Waals surface area contributed by atoms with Gasteiger partial charge in [0.25, 0.3) is 0 Å². The van der Waals surface area contributed by atoms with Crippen molar-refractivity contribution in [2.24, 2.45) is 5.92 Å². The number of carbonyl (C=O) groups is 1. The normalized spacial score (nSPS) is 10.9. The van der Waals surface area contributed by atoms with E-state index >= 15 is 0 Å². The minimum atomic E-state index is -1.11. The molecule has 2 rings (SSSR count). The summed E-state index contributed by atoms with van der Waals surface area (Å²) < 4.78 is 7.31. The molecule has 7 nitrogen and oxygen atoms in total. The summed E-state index contributed by atoms with van der Waals surface area (Å²) in [7, 11) is 0. The second-order valence-electron chi connectivity index (χ2n) is 5.15. The van der Waals surface area contributed by atoms with E-state index in [1.165, 1.54) is 6.33 Å². The van der Waals surface area contributed by atoms with E-state index in [1.54, 1.807) is 23.7 Å². The van der Waals surface area contributed by atoms with Gasteiger partial charge in [-0.25, -0.2) is 19.4 Å². The van der Waals surface area contributed by atoms with Crippen LogP contribution in [0.2, 0.25) is 0 Å². The van der Waals surface area contributed by atoms with Crippen LogP contribution in [0.4, 0.5) is 0 Å². The van der Waals surface area contributed by atoms with E-state index in [0.717, 1.165) is 6.54 Å². The van der Waals surface area contributed by atoms with E-state index in [4.69, 9.17) is 9.84 Å². The Hall–Kier alpha value is -2.44. The highest BCUT2D eigenvalue weighted by molar-refractivity contribution is 5.88. The lowest BCUT2D eigenvalue weighted by atomic mass is 10.2. The molecule has 2 aromatic heterocycles. The van der Waals surface area contributed by atoms with Gasteiger partial charge in [-0.1, -0.05) is 13.8 Å². The SMILES string of the molecule is Cc1ccc(OCc2ncnn2CC(C)C)c(C(=O)O)n1. The van der Waals surface area contributed by atoms with Crippen LogP contribution in [-0.4, -0.2) is 30.8 Å². The molecule has 21 heavy (non-hydrogen) atoms. The molecule has 2 aromatic rings. The Morgan fingerprint density at radius 3 is 2.86 bits per heavy atom. The van der Waals surface area contributed by atoms with Crippen LogP contribution in [0.15, 0.2) is 18.5 Å². The predicted octanol–water partition coefficient (Wildman–Crippen LogP) is 1.91. The molecule has 1 N–H and O–H groups in total. The highest BCUT2D eigenvalue weighted by atomic mass is 16.5. The number of hydrogen-bond acceptors (Lipinski definition) is 5. The first-order valence-corrected chi connectivity index (χ1v) is 6.67. The fourth-order valence-corrected chi connectivity index (χ4v) is 1.85. The quantitative estimate of drug-likeness (QED) is 0.874. The van der Waals surface area contributed by atoms with Crippen molar-refractivity contribution >= 4 is 5.97 Å². The second-order valence-corrected chi connectivity index (χ2v) is 5.15. The monoisotopic (exact) mass is 290 g/mol. The van der Waals surface area contributed by atoms with Gasteiger partial charge < -0.3 is 9.84 Å². The summed E-state index contributed by atoms with van der Waals surface area (Å²) in [5.41, 5.74) is 0.535. The molecule has 0 unspecified atom stereocenters. The Kier molecular flexibility index (Phi) is 4.52. The first-order valence-electron chi connectivity index (χ1n) is 6.67. The average molecular weight is 290 g/mol. The molecule has 0 aliphatic carbocycles. The maximum absolute atomic E-state index is 11.2. The van der Waals surface area contributed by atoms with Crippen molar-refractivity contribution in [3.05, 3.63) is 35.7 Å². The number of aromatic nitrogens is 4. The molecule has 0 bridgehead atoms. The van der Waals surface area contributed by atoms with Crippen molar-refractivity contribution in [1.29, 1.82) is 0 Å². The molecule has 0 saturated carbocycles. The van der Waals surface area contributed by atoms with Crippen LogP contribution in [0.5, 0.6) is 5.75 Å². The van der Waals surface area contributed by atoms with E-state index in [2.05, 4.69) is 28.9 Å². The lowest BCUT2D eigenvalue weighted by Gasteiger charge is -2.11. The Morgan fingerprint density at radius 1 is 1.43 bits per heavy atom. The molecule has 0 aliphatic heterocycles. The highest BCUT2D eigenvalue weighted by Crippen LogP contribution is 2.18. The number of rotatable bonds is 6. The molecule has 0 aromatic carbocycles. The zero-order valence-corrected chi connectivity index (χ0v) is 12.3. The van der Waals surface area contributed by atoms with E-state index in [-0.39, 0.29) is 18.1 Å². The largest absolute Gasteiger partial charge is 0.483 e. The molecule has 0 amide bonds. The molecule has 0 radical (unpaired) electrons. The van der Waals surface area contributed by atoms with Crippen LogP contribution in [0.3, 0.4) is 0 Å². The summed E-state index contributed by atoms with van der Waals surface area (Å²) in [6.45, 7) is 6.78. The number of nitrogens with zero attached hydrogens (tertiary/aromatic N) is 4. The van der Waals surface area contributed by atoms with Gasteiger partial charge in [-0.3, -0.25) is 0 Å². The number of ether oxygens (including phenoxy) is 1. The molecule has 0 atom stereocenters. The van der Waals surface area contributed by atoms with Gasteiger partial charge in [0, 0.05) is 12.2 Å². The lowest BCUT2D eigenvalue weighted by molar-refractivity contribution is 0.0684. The van der Waals surface area contributed by atoms with Crippen LogP contribution in [-0.2, 0) is 13.2 Å². The summed E-state index contributed by atoms with van der Waals surface area (Å²) in [5.74, 6) is 0.200. The molecule has 0 saturated heterocycles. The van der Waals surface area contributed by atoms with E-state index in [9.17, 15) is 4.79 Å². The van der Waals surface area contributed by atoms with Gasteiger partial charge in [0.05, 0.1) is 0 Å². The highest BCUT2D eigenvalue weighted by Gasteiger charge is 2.15. The lowest BCUT2D eigenvalue weighted by Crippen LogP contribution is -2.13. The fraction of sp³-hybridized carbons (Fsp3) is 0.429. The van der Waals surface area contributed by atoms with Crippen molar-refractivity contribution in [3.63, 3.8) is 0 Å². The molecule has 0 fully saturated rings. The summed E-state index contributed by atoms with van der Waals surface area (Å²) >= 11 is 0. The molecule has 112 valence electrons. The standard InChI is InChI=1S/C14H18N4O3/c1-9(2)6-18-12(15-8-16-18)7-21-11-5-4-10(3)17-13(11)14(19)20/h4-5,8-9H,6-7H2,1-3H3,(H,19,20). The van der Waals surface area contributed by atoms with Gasteiger partial charge in [0.1, 0.15) is 12.9 Å². The number of hydrogen-bond donors (Lipinski definition) is 1. The molecule has 0 spiro atoms. The molecule has 7 heteroatoms. The third kappa shape index (κ3) is 3.77. The van der Waals surface area contributed by atoms with Gasteiger partial charge >= 0.3 is 5.97 Å². The van der Waals surface area contributed by atoms with Gasteiger partial charge in [0.15, 0.2) is 17.3 Å². The maximum atomic E-state index is 11.2. The van der Waals surface area contributed by atoms with Crippen molar-refractivity contribution in [1.82, 2.24) is 19.7 Å². The Morgan fingerprint density at radius 2 is 2.19 bits per heavy atom. The third-order valence-corrected chi connectivity index (χ3v) is 2.79. The van der Waals surface area contributed by atoms with Crippen LogP contribution in [0.1, 0.15) is 35.9 Å². The zero-order valence-electron chi connectivity index (χ0n) is 12.3. The summed E-state index contributed by atoms with van der Waals surface area (Å²) in [4.78, 5) is 19.3. The van der Waals surface area contributed by atoms with Crippen molar-refractivity contribution in [2.75, 3.05) is 0 Å². The fourth-order valence-electron chi connectivity index (χ4n) is 1.85. The summed E-state index contributed by atoms with van der Waals surface area (Å²) in [5, 5.41) is 13.3. The van der Waals surface area contributed by atoms with E-state index < -0.39 is 5.97 Å². The first kappa shape index (κ1) is 15.0. The number of carboxylic acids is 1. The topological polar surface area (TPSA) is 90.1 Å². The Balaban J connectivity index is 2.14. The average Bonchev–Trinajstić information content (AvgIpc) is 2.83. The maximum Gasteiger partial charge on any atom is 0.358 e. The van der Waals surface area contributed by atoms with Gasteiger partial charge in [0.2, 0.25) is 0 Å². The van der Waals surface area contributed by atoms with Crippen molar-refractivity contribution < 1.29 is 14.6 Å². The predicted molar refractivity (Wildman–Crippen MR) is 75.1 cm³/mol. The number of aryl methyl sites for hydroxylation is 1. The zero-order chi connectivity index (χ0) is 15.4. The third-order valence-electron chi connectivity index (χ3n) is 2.79. The molecule has 0 aliphatic rings. The van der Waals surface area contributed by atoms with Gasteiger partial charge in [-0.2, -0.15) is 5.10 Å². The number of carboxylic acid groups (broad SMARTS) is 1. The van der Waals surface area contributed by atoms with Crippen LogP contribution in [0.25, 0.3) is 0 Å².